The number of hydrogen-bond acceptors (Lipinski definition) is 1. The van der Waals surface area contributed by atoms with Crippen LogP contribution in [0.25, 0.3) is 0 Å². The molecule has 88 valence electrons. The molecule has 2 N–H and O–H groups in total. The molecule has 1 aliphatic rings. The van der Waals surface area contributed by atoms with Crippen LogP contribution in [0.15, 0.2) is 16.6 Å². The summed E-state index contributed by atoms with van der Waals surface area (Å²) in [7, 11) is 0. The van der Waals surface area contributed by atoms with Crippen LogP contribution in [0.2, 0.25) is 0 Å². The summed E-state index contributed by atoms with van der Waals surface area (Å²) in [6.45, 7) is 0. The molecule has 0 unspecified atom stereocenters. The van der Waals surface area contributed by atoms with E-state index in [1.165, 1.54) is 6.07 Å². The third-order valence-electron chi connectivity index (χ3n) is 3.32. The molecule has 0 heterocycles. The summed E-state index contributed by atoms with van der Waals surface area (Å²) in [5, 5.41) is 0. The van der Waals surface area contributed by atoms with Gasteiger partial charge in [0.2, 0.25) is 0 Å². The topological polar surface area (TPSA) is 26.0 Å². The van der Waals surface area contributed by atoms with E-state index < -0.39 is 17.2 Å². The van der Waals surface area contributed by atoms with E-state index in [4.69, 9.17) is 5.73 Å². The van der Waals surface area contributed by atoms with Gasteiger partial charge in [-0.3, -0.25) is 0 Å². The van der Waals surface area contributed by atoms with E-state index in [9.17, 15) is 8.78 Å². The van der Waals surface area contributed by atoms with Gasteiger partial charge in [0, 0.05) is 11.1 Å². The molecule has 1 aromatic carbocycles. The van der Waals surface area contributed by atoms with Crippen molar-refractivity contribution in [2.24, 2.45) is 5.73 Å². The molecule has 1 aromatic rings. The van der Waals surface area contributed by atoms with Gasteiger partial charge in [-0.2, -0.15) is 0 Å². The monoisotopic (exact) mass is 289 g/mol. The zero-order valence-electron chi connectivity index (χ0n) is 8.90. The SMILES string of the molecule is NC1(c2ccc(Br)c(F)c2F)CCCCC1. The second-order valence-corrected chi connectivity index (χ2v) is 5.29. The predicted molar refractivity (Wildman–Crippen MR) is 63.0 cm³/mol. The van der Waals surface area contributed by atoms with E-state index in [0.717, 1.165) is 32.1 Å². The quantitative estimate of drug-likeness (QED) is 0.781. The summed E-state index contributed by atoms with van der Waals surface area (Å²) in [5.41, 5.74) is 5.80. The van der Waals surface area contributed by atoms with Crippen molar-refractivity contribution in [2.75, 3.05) is 0 Å². The molecule has 0 aliphatic heterocycles. The molecule has 0 amide bonds. The van der Waals surface area contributed by atoms with Crippen molar-refractivity contribution in [3.8, 4) is 0 Å². The smallest absolute Gasteiger partial charge is 0.173 e. The van der Waals surface area contributed by atoms with Gasteiger partial charge in [0.05, 0.1) is 4.47 Å². The van der Waals surface area contributed by atoms with Crippen molar-refractivity contribution in [1.29, 1.82) is 0 Å². The van der Waals surface area contributed by atoms with Gasteiger partial charge in [-0.05, 0) is 34.8 Å². The Morgan fingerprint density at radius 1 is 1.06 bits per heavy atom. The molecule has 0 atom stereocenters. The first kappa shape index (κ1) is 12.0. The fraction of sp³-hybridized carbons (Fsp3) is 0.500. The summed E-state index contributed by atoms with van der Waals surface area (Å²) >= 11 is 2.97. The van der Waals surface area contributed by atoms with Gasteiger partial charge in [0.15, 0.2) is 11.6 Å². The molecule has 2 rings (SSSR count). The highest BCUT2D eigenvalue weighted by molar-refractivity contribution is 9.10. The van der Waals surface area contributed by atoms with Crippen molar-refractivity contribution >= 4 is 15.9 Å². The number of nitrogens with two attached hydrogens (primary N) is 1. The molecule has 0 radical (unpaired) electrons. The molecular weight excluding hydrogens is 276 g/mol. The summed E-state index contributed by atoms with van der Waals surface area (Å²) in [6.07, 6.45) is 4.54. The maximum absolute atomic E-state index is 13.8. The van der Waals surface area contributed by atoms with Gasteiger partial charge in [0.25, 0.3) is 0 Å². The van der Waals surface area contributed by atoms with E-state index in [2.05, 4.69) is 15.9 Å². The van der Waals surface area contributed by atoms with E-state index in [1.54, 1.807) is 6.07 Å². The van der Waals surface area contributed by atoms with Gasteiger partial charge in [0.1, 0.15) is 0 Å². The van der Waals surface area contributed by atoms with Gasteiger partial charge in [-0.25, -0.2) is 8.78 Å². The third kappa shape index (κ3) is 2.00. The van der Waals surface area contributed by atoms with Crippen LogP contribution in [0.5, 0.6) is 0 Å². The second kappa shape index (κ2) is 4.41. The fourth-order valence-electron chi connectivity index (χ4n) is 2.36. The van der Waals surface area contributed by atoms with Crippen LogP contribution in [0.1, 0.15) is 37.7 Å². The zero-order chi connectivity index (χ0) is 11.8. The Labute approximate surface area is 102 Å². The molecule has 1 fully saturated rings. The molecule has 0 bridgehead atoms. The van der Waals surface area contributed by atoms with Crippen LogP contribution in [0.4, 0.5) is 8.78 Å². The Hall–Kier alpha value is -0.480. The molecule has 0 saturated heterocycles. The van der Waals surface area contributed by atoms with E-state index in [-0.39, 0.29) is 4.47 Å². The van der Waals surface area contributed by atoms with Crippen LogP contribution in [-0.4, -0.2) is 0 Å². The molecule has 1 nitrogen and oxygen atoms in total. The largest absolute Gasteiger partial charge is 0.321 e. The van der Waals surface area contributed by atoms with Crippen molar-refractivity contribution in [1.82, 2.24) is 0 Å². The van der Waals surface area contributed by atoms with Crippen molar-refractivity contribution in [2.45, 2.75) is 37.6 Å². The summed E-state index contributed by atoms with van der Waals surface area (Å²) in [5.74, 6) is -1.65. The third-order valence-corrected chi connectivity index (χ3v) is 3.93. The Balaban J connectivity index is 2.43. The van der Waals surface area contributed by atoms with E-state index >= 15 is 0 Å². The molecule has 0 aromatic heterocycles. The minimum Gasteiger partial charge on any atom is -0.321 e. The maximum atomic E-state index is 13.8. The molecule has 16 heavy (non-hydrogen) atoms. The fourth-order valence-corrected chi connectivity index (χ4v) is 2.67. The number of hydrogen-bond donors (Lipinski definition) is 1. The summed E-state index contributed by atoms with van der Waals surface area (Å²) in [6, 6.07) is 3.12. The molecular formula is C12H14BrF2N. The minimum atomic E-state index is -0.840. The highest BCUT2D eigenvalue weighted by Crippen LogP contribution is 2.37. The Kier molecular flexibility index (Phi) is 3.31. The lowest BCUT2D eigenvalue weighted by atomic mass is 9.77. The van der Waals surface area contributed by atoms with Crippen LogP contribution >= 0.6 is 15.9 Å². The lowest BCUT2D eigenvalue weighted by Gasteiger charge is -2.34. The minimum absolute atomic E-state index is 0.146. The standard InChI is InChI=1S/C12H14BrF2N/c13-9-5-4-8(10(14)11(9)15)12(16)6-2-1-3-7-12/h4-5H,1-3,6-7,16H2. The number of rotatable bonds is 1. The van der Waals surface area contributed by atoms with Crippen molar-refractivity contribution < 1.29 is 8.78 Å². The second-order valence-electron chi connectivity index (χ2n) is 4.44. The van der Waals surface area contributed by atoms with Crippen LogP contribution in [-0.2, 0) is 5.54 Å². The molecule has 1 aliphatic carbocycles. The van der Waals surface area contributed by atoms with Crippen molar-refractivity contribution in [3.63, 3.8) is 0 Å². The number of benzene rings is 1. The lowest BCUT2D eigenvalue weighted by molar-refractivity contribution is 0.289. The summed E-state index contributed by atoms with van der Waals surface area (Å²) in [4.78, 5) is 0. The highest BCUT2D eigenvalue weighted by Gasteiger charge is 2.33. The first-order valence-corrected chi connectivity index (χ1v) is 6.27. The first-order chi connectivity index (χ1) is 7.54. The summed E-state index contributed by atoms with van der Waals surface area (Å²) < 4.78 is 27.4. The number of halogens is 3. The molecule has 1 saturated carbocycles. The van der Waals surface area contributed by atoms with Crippen LogP contribution in [0, 0.1) is 11.6 Å². The average Bonchev–Trinajstić information content (AvgIpc) is 2.27. The van der Waals surface area contributed by atoms with Gasteiger partial charge < -0.3 is 5.73 Å². The average molecular weight is 290 g/mol. The Morgan fingerprint density at radius 2 is 1.69 bits per heavy atom. The van der Waals surface area contributed by atoms with Gasteiger partial charge in [-0.1, -0.05) is 25.3 Å². The molecule has 0 spiro atoms. The van der Waals surface area contributed by atoms with E-state index in [1.807, 2.05) is 0 Å². The Bertz CT molecular complexity index is 400. The normalized spacial score (nSPS) is 19.8. The zero-order valence-corrected chi connectivity index (χ0v) is 10.5. The lowest BCUT2D eigenvalue weighted by Crippen LogP contribution is -2.39. The Morgan fingerprint density at radius 3 is 2.31 bits per heavy atom. The van der Waals surface area contributed by atoms with Gasteiger partial charge in [-0.15, -0.1) is 0 Å². The van der Waals surface area contributed by atoms with Gasteiger partial charge >= 0.3 is 0 Å². The van der Waals surface area contributed by atoms with Crippen LogP contribution < -0.4 is 5.73 Å². The first-order valence-electron chi connectivity index (χ1n) is 5.47. The maximum Gasteiger partial charge on any atom is 0.173 e. The predicted octanol–water partition coefficient (Wildman–Crippen LogP) is 3.85. The van der Waals surface area contributed by atoms with Crippen LogP contribution in [0.3, 0.4) is 0 Å². The van der Waals surface area contributed by atoms with E-state index in [0.29, 0.717) is 5.56 Å². The molecule has 4 heteroatoms. The van der Waals surface area contributed by atoms with Crippen molar-refractivity contribution in [3.05, 3.63) is 33.8 Å². The highest BCUT2D eigenvalue weighted by atomic mass is 79.9.